The van der Waals surface area contributed by atoms with E-state index in [-0.39, 0.29) is 34.2 Å². The van der Waals surface area contributed by atoms with Crippen LogP contribution < -0.4 is 10.0 Å². The van der Waals surface area contributed by atoms with Crippen LogP contribution in [0.15, 0.2) is 60.7 Å². The molecule has 190 valence electrons. The highest BCUT2D eigenvalue weighted by Gasteiger charge is 2.31. The highest BCUT2D eigenvalue weighted by atomic mass is 35.5. The molecule has 0 saturated heterocycles. The van der Waals surface area contributed by atoms with E-state index in [1.165, 1.54) is 12.1 Å². The Labute approximate surface area is 213 Å². The first kappa shape index (κ1) is 27.6. The van der Waals surface area contributed by atoms with Gasteiger partial charge in [-0.3, -0.25) is 10.1 Å². The topological polar surface area (TPSA) is 95.7 Å². The first-order valence-corrected chi connectivity index (χ1v) is 13.8. The number of ether oxygens (including phenoxy) is 2. The largest absolute Gasteiger partial charge is 0.455 e. The van der Waals surface area contributed by atoms with Gasteiger partial charge in [0.05, 0.1) is 26.4 Å². The molecule has 0 aliphatic carbocycles. The third kappa shape index (κ3) is 6.81. The number of hydrogen-bond acceptors (Lipinski definition) is 7. The third-order valence-electron chi connectivity index (χ3n) is 4.84. The van der Waals surface area contributed by atoms with Crippen molar-refractivity contribution in [2.24, 2.45) is 0 Å². The molecule has 0 saturated carbocycles. The smallest absolute Gasteiger partial charge is 0.416 e. The van der Waals surface area contributed by atoms with E-state index in [4.69, 9.17) is 21.1 Å². The number of nitrogens with zero attached hydrogens (tertiary/aromatic N) is 1. The van der Waals surface area contributed by atoms with Crippen molar-refractivity contribution < 1.29 is 36.9 Å². The lowest BCUT2D eigenvalue weighted by atomic mass is 10.1. The number of alkyl halides is 3. The molecule has 3 aromatic carbocycles. The molecule has 0 spiro atoms. The fraction of sp³-hybridized carbons (Fsp3) is 0.174. The molecular weight excluding hydrogens is 542 g/mol. The van der Waals surface area contributed by atoms with Gasteiger partial charge in [-0.15, -0.1) is 0 Å². The zero-order chi connectivity index (χ0) is 26.5. The average molecular weight is 560 g/mol. The summed E-state index contributed by atoms with van der Waals surface area (Å²) in [7, 11) is -2.91. The number of aryl methyl sites for hydroxylation is 1. The van der Waals surface area contributed by atoms with Crippen LogP contribution in [0.4, 0.5) is 18.9 Å². The number of carbonyl (C=O) groups excluding carboxylic acids is 1. The summed E-state index contributed by atoms with van der Waals surface area (Å²) in [6.07, 6.45) is -4.32. The molecule has 13 heteroatoms. The number of hydrogen-bond donors (Lipinski definition) is 0. The highest BCUT2D eigenvalue weighted by Crippen LogP contribution is 2.43. The SMILES string of the molecule is CCc1cc([N+](=O)[O-])c([PH](=O)SCOC(=O)c2ccccc2)cc1Oc1ccc(C(F)(F)F)cc1Cl. The van der Waals surface area contributed by atoms with Gasteiger partial charge in [0.25, 0.3) is 5.69 Å². The molecule has 0 aromatic heterocycles. The predicted molar refractivity (Wildman–Crippen MR) is 132 cm³/mol. The van der Waals surface area contributed by atoms with E-state index in [9.17, 15) is 32.6 Å². The zero-order valence-corrected chi connectivity index (χ0v) is 21.1. The van der Waals surface area contributed by atoms with Gasteiger partial charge in [0.2, 0.25) is 0 Å². The van der Waals surface area contributed by atoms with Gasteiger partial charge >= 0.3 is 12.1 Å². The van der Waals surface area contributed by atoms with Gasteiger partial charge in [-0.05, 0) is 42.8 Å². The van der Waals surface area contributed by atoms with Gasteiger partial charge in [-0.1, -0.05) is 48.1 Å². The maximum atomic E-state index is 13.0. The van der Waals surface area contributed by atoms with E-state index in [1.807, 2.05) is 0 Å². The Morgan fingerprint density at radius 1 is 1.11 bits per heavy atom. The number of nitro benzene ring substituents is 1. The van der Waals surface area contributed by atoms with Crippen LogP contribution in [0.5, 0.6) is 11.5 Å². The molecule has 0 amide bonds. The van der Waals surface area contributed by atoms with Gasteiger partial charge in [0.1, 0.15) is 17.4 Å². The van der Waals surface area contributed by atoms with Crippen molar-refractivity contribution >= 4 is 46.9 Å². The number of benzene rings is 3. The lowest BCUT2D eigenvalue weighted by molar-refractivity contribution is -0.383. The van der Waals surface area contributed by atoms with Crippen LogP contribution in [0.3, 0.4) is 0 Å². The maximum Gasteiger partial charge on any atom is 0.416 e. The van der Waals surface area contributed by atoms with Crippen molar-refractivity contribution in [2.45, 2.75) is 19.5 Å². The van der Waals surface area contributed by atoms with Gasteiger partial charge < -0.3 is 14.0 Å². The van der Waals surface area contributed by atoms with E-state index in [2.05, 4.69) is 0 Å². The lowest BCUT2D eigenvalue weighted by Crippen LogP contribution is -2.09. The summed E-state index contributed by atoms with van der Waals surface area (Å²) >= 11 is 6.68. The van der Waals surface area contributed by atoms with Crippen molar-refractivity contribution in [3.8, 4) is 11.5 Å². The molecule has 3 rings (SSSR count). The molecular formula is C23H18ClF3NO6PS. The molecule has 7 nitrogen and oxygen atoms in total. The Balaban J connectivity index is 1.85. The summed E-state index contributed by atoms with van der Waals surface area (Å²) in [4.78, 5) is 23.0. The van der Waals surface area contributed by atoms with Crippen molar-refractivity contribution in [3.63, 3.8) is 0 Å². The van der Waals surface area contributed by atoms with Crippen LogP contribution in [0.25, 0.3) is 0 Å². The molecule has 0 N–H and O–H groups in total. The number of nitro groups is 1. The number of carbonyl (C=O) groups is 1. The van der Waals surface area contributed by atoms with Crippen LogP contribution in [0.2, 0.25) is 5.02 Å². The summed E-state index contributed by atoms with van der Waals surface area (Å²) in [5, 5.41) is 11.2. The first-order chi connectivity index (χ1) is 17.0. The second kappa shape index (κ2) is 11.8. The van der Waals surface area contributed by atoms with Gasteiger partial charge in [-0.25, -0.2) is 4.79 Å². The van der Waals surface area contributed by atoms with E-state index < -0.39 is 35.3 Å². The third-order valence-corrected chi connectivity index (χ3v) is 8.28. The standard InChI is InChI=1S/C23H18ClF3NO6PS/c1-2-14-10-18(28(30)31)21(35(32)36-13-33-22(29)15-6-4-3-5-7-15)12-20(14)34-19-9-8-16(11-17(19)24)23(25,26)27/h3-12,35H,2,13H2,1H3. The Morgan fingerprint density at radius 2 is 1.81 bits per heavy atom. The Kier molecular flexibility index (Phi) is 9.05. The van der Waals surface area contributed by atoms with Crippen molar-refractivity contribution in [1.82, 2.24) is 0 Å². The van der Waals surface area contributed by atoms with Crippen LogP contribution in [0, 0.1) is 10.1 Å². The highest BCUT2D eigenvalue weighted by molar-refractivity contribution is 8.53. The lowest BCUT2D eigenvalue weighted by Gasteiger charge is -2.15. The number of halogens is 4. The van der Waals surface area contributed by atoms with E-state index in [1.54, 1.807) is 37.3 Å². The zero-order valence-electron chi connectivity index (χ0n) is 18.5. The fourth-order valence-electron chi connectivity index (χ4n) is 3.05. The van der Waals surface area contributed by atoms with E-state index in [0.29, 0.717) is 28.6 Å². The molecule has 0 fully saturated rings. The quantitative estimate of drug-likeness (QED) is 0.0894. The Morgan fingerprint density at radius 3 is 2.39 bits per heavy atom. The maximum absolute atomic E-state index is 13.0. The Hall–Kier alpha value is -3.01. The Bertz CT molecular complexity index is 1310. The number of rotatable bonds is 9. The minimum Gasteiger partial charge on any atom is -0.455 e. The molecule has 1 atom stereocenters. The molecule has 0 radical (unpaired) electrons. The van der Waals surface area contributed by atoms with Crippen LogP contribution in [-0.4, -0.2) is 16.8 Å². The predicted octanol–water partition coefficient (Wildman–Crippen LogP) is 7.27. The normalized spacial score (nSPS) is 12.1. The molecule has 3 aromatic rings. The monoisotopic (exact) mass is 559 g/mol. The summed E-state index contributed by atoms with van der Waals surface area (Å²) < 4.78 is 62.5. The first-order valence-electron chi connectivity index (χ1n) is 10.3. The van der Waals surface area contributed by atoms with Crippen LogP contribution in [0.1, 0.15) is 28.4 Å². The summed E-state index contributed by atoms with van der Waals surface area (Å²) in [5.74, 6) is -1.02. The molecule has 0 aliphatic rings. The van der Waals surface area contributed by atoms with Crippen molar-refractivity contribution in [2.75, 3.05) is 5.94 Å². The minimum absolute atomic E-state index is 0.0555. The molecule has 0 heterocycles. The summed E-state index contributed by atoms with van der Waals surface area (Å²) in [6.45, 7) is 1.70. The van der Waals surface area contributed by atoms with Crippen molar-refractivity contribution in [1.29, 1.82) is 0 Å². The second-order valence-electron chi connectivity index (χ2n) is 7.18. The summed E-state index contributed by atoms with van der Waals surface area (Å²) in [5.41, 5.74) is -0.730. The number of esters is 1. The second-order valence-corrected chi connectivity index (χ2v) is 11.2. The molecule has 1 unspecified atom stereocenters. The van der Waals surface area contributed by atoms with E-state index in [0.717, 1.165) is 12.1 Å². The fourth-order valence-corrected chi connectivity index (χ4v) is 5.77. The van der Waals surface area contributed by atoms with E-state index >= 15 is 0 Å². The molecule has 36 heavy (non-hydrogen) atoms. The van der Waals surface area contributed by atoms with Gasteiger partial charge in [0, 0.05) is 11.6 Å². The van der Waals surface area contributed by atoms with Crippen LogP contribution >= 0.6 is 30.0 Å². The van der Waals surface area contributed by atoms with Gasteiger partial charge in [0.15, 0.2) is 7.00 Å². The average Bonchev–Trinajstić information content (AvgIpc) is 2.84. The van der Waals surface area contributed by atoms with Crippen molar-refractivity contribution in [3.05, 3.63) is 92.5 Å². The van der Waals surface area contributed by atoms with Gasteiger partial charge in [-0.2, -0.15) is 13.2 Å². The summed E-state index contributed by atoms with van der Waals surface area (Å²) in [6, 6.07) is 13.0. The molecule has 0 bridgehead atoms. The van der Waals surface area contributed by atoms with Crippen LogP contribution in [-0.2, 0) is 21.9 Å². The minimum atomic E-state index is -4.60. The molecule has 0 aliphatic heterocycles.